The van der Waals surface area contributed by atoms with E-state index in [1.165, 1.54) is 24.2 Å². The molecular formula is C21H19ClN4O3S. The number of carbonyl (C=O) groups is 1. The topological polar surface area (TPSA) is 96.3 Å². The molecule has 1 aromatic heterocycles. The molecule has 0 spiro atoms. The van der Waals surface area contributed by atoms with Crippen LogP contribution in [0.25, 0.3) is 6.08 Å². The van der Waals surface area contributed by atoms with Crippen LogP contribution >= 0.6 is 22.9 Å². The second-order valence-corrected chi connectivity index (χ2v) is 7.90. The van der Waals surface area contributed by atoms with E-state index in [2.05, 4.69) is 21.5 Å². The Morgan fingerprint density at radius 3 is 3.03 bits per heavy atom. The van der Waals surface area contributed by atoms with Crippen molar-refractivity contribution in [3.8, 4) is 35.1 Å². The number of nitriles is 1. The number of ether oxygens (including phenoxy) is 2. The molecule has 1 atom stereocenters. The Labute approximate surface area is 183 Å². The molecule has 1 saturated carbocycles. The van der Waals surface area contributed by atoms with Crippen LogP contribution in [0.4, 0.5) is 4.79 Å². The Balaban J connectivity index is 1.55. The van der Waals surface area contributed by atoms with Crippen molar-refractivity contribution in [1.82, 2.24) is 15.6 Å². The van der Waals surface area contributed by atoms with Gasteiger partial charge in [0.25, 0.3) is 5.19 Å². The highest BCUT2D eigenvalue weighted by Gasteiger charge is 2.22. The molecule has 1 aromatic carbocycles. The predicted molar refractivity (Wildman–Crippen MR) is 116 cm³/mol. The Morgan fingerprint density at radius 1 is 1.50 bits per heavy atom. The predicted octanol–water partition coefficient (Wildman–Crippen LogP) is 4.22. The summed E-state index contributed by atoms with van der Waals surface area (Å²) in [4.78, 5) is 16.6. The normalized spacial score (nSPS) is 13.8. The number of rotatable bonds is 9. The fourth-order valence-corrected chi connectivity index (χ4v) is 3.19. The molecule has 154 valence electrons. The van der Waals surface area contributed by atoms with Gasteiger partial charge in [0.15, 0.2) is 0 Å². The minimum atomic E-state index is -0.632. The zero-order valence-corrected chi connectivity index (χ0v) is 17.5. The summed E-state index contributed by atoms with van der Waals surface area (Å²) >= 11 is 7.59. The monoisotopic (exact) mass is 442 g/mol. The van der Waals surface area contributed by atoms with E-state index in [1.54, 1.807) is 30.5 Å². The number of hydrogen-bond donors (Lipinski definition) is 2. The van der Waals surface area contributed by atoms with Crippen molar-refractivity contribution in [2.45, 2.75) is 18.9 Å². The van der Waals surface area contributed by atoms with Crippen LogP contribution in [0.5, 0.6) is 16.7 Å². The van der Waals surface area contributed by atoms with E-state index < -0.39 is 12.1 Å². The van der Waals surface area contributed by atoms with Gasteiger partial charge in [-0.3, -0.25) is 0 Å². The van der Waals surface area contributed by atoms with E-state index in [0.29, 0.717) is 34.2 Å². The maximum Gasteiger partial charge on any atom is 0.316 e. The molecule has 0 saturated heterocycles. The van der Waals surface area contributed by atoms with E-state index in [9.17, 15) is 4.79 Å². The summed E-state index contributed by atoms with van der Waals surface area (Å²) in [5.41, 5.74) is 0. The fourth-order valence-electron chi connectivity index (χ4n) is 2.29. The van der Waals surface area contributed by atoms with E-state index in [1.807, 2.05) is 12.1 Å². The molecular weight excluding hydrogens is 424 g/mol. The van der Waals surface area contributed by atoms with E-state index in [4.69, 9.17) is 32.8 Å². The average molecular weight is 443 g/mol. The minimum Gasteiger partial charge on any atom is -0.493 e. The molecule has 0 bridgehead atoms. The van der Waals surface area contributed by atoms with E-state index >= 15 is 0 Å². The van der Waals surface area contributed by atoms with Crippen molar-refractivity contribution in [3.63, 3.8) is 0 Å². The molecule has 2 N–H and O–H groups in total. The maximum atomic E-state index is 11.6. The SMILES string of the molecule is C#C[C@@H](/C=C/c1cnc(Oc2ccc(OCC3CC3)cc2Cl)s1)NC(=O)NCC#N. The van der Waals surface area contributed by atoms with Gasteiger partial charge >= 0.3 is 6.03 Å². The second-order valence-electron chi connectivity index (χ2n) is 6.47. The van der Waals surface area contributed by atoms with Crippen molar-refractivity contribution >= 4 is 35.0 Å². The molecule has 2 aromatic rings. The van der Waals surface area contributed by atoms with Gasteiger partial charge in [0, 0.05) is 12.3 Å². The Hall–Kier alpha value is -3.20. The number of nitrogens with zero attached hydrogens (tertiary/aromatic N) is 2. The van der Waals surface area contributed by atoms with Crippen LogP contribution in [0.3, 0.4) is 0 Å². The van der Waals surface area contributed by atoms with Crippen LogP contribution in [0.15, 0.2) is 30.5 Å². The third kappa shape index (κ3) is 6.70. The number of carbonyl (C=O) groups excluding carboxylic acids is 1. The summed E-state index contributed by atoms with van der Waals surface area (Å²) in [5.74, 6) is 4.31. The van der Waals surface area contributed by atoms with Gasteiger partial charge in [-0.2, -0.15) is 5.26 Å². The Bertz CT molecular complexity index is 1000. The minimum absolute atomic E-state index is 0.0986. The Kier molecular flexibility index (Phi) is 7.56. The highest BCUT2D eigenvalue weighted by molar-refractivity contribution is 7.14. The lowest BCUT2D eigenvalue weighted by Gasteiger charge is -2.08. The molecule has 1 aliphatic carbocycles. The van der Waals surface area contributed by atoms with Gasteiger partial charge in [-0.05, 0) is 43.0 Å². The molecule has 7 nitrogen and oxygen atoms in total. The Morgan fingerprint density at radius 2 is 2.33 bits per heavy atom. The van der Waals surface area contributed by atoms with Crippen LogP contribution in [-0.4, -0.2) is 30.2 Å². The van der Waals surface area contributed by atoms with Crippen LogP contribution in [-0.2, 0) is 0 Å². The summed E-state index contributed by atoms with van der Waals surface area (Å²) in [6.07, 6.45) is 12.9. The summed E-state index contributed by atoms with van der Waals surface area (Å²) in [5, 5.41) is 14.2. The molecule has 1 heterocycles. The number of hydrogen-bond acceptors (Lipinski definition) is 6. The number of halogens is 1. The first kappa shape index (κ1) is 21.5. The van der Waals surface area contributed by atoms with Gasteiger partial charge in [-0.1, -0.05) is 28.9 Å². The molecule has 30 heavy (non-hydrogen) atoms. The van der Waals surface area contributed by atoms with Gasteiger partial charge in [0.1, 0.15) is 24.1 Å². The molecule has 9 heteroatoms. The first-order chi connectivity index (χ1) is 14.6. The largest absolute Gasteiger partial charge is 0.493 e. The number of urea groups is 1. The number of nitrogens with one attached hydrogen (secondary N) is 2. The summed E-state index contributed by atoms with van der Waals surface area (Å²) < 4.78 is 11.5. The molecule has 0 aliphatic heterocycles. The van der Waals surface area contributed by atoms with Crippen molar-refractivity contribution in [2.75, 3.05) is 13.2 Å². The van der Waals surface area contributed by atoms with Crippen molar-refractivity contribution in [1.29, 1.82) is 5.26 Å². The summed E-state index contributed by atoms with van der Waals surface area (Å²) in [7, 11) is 0. The third-order valence-corrected chi connectivity index (χ3v) is 5.17. The fraction of sp³-hybridized carbons (Fsp3) is 0.286. The zero-order valence-electron chi connectivity index (χ0n) is 15.9. The molecule has 2 amide bonds. The van der Waals surface area contributed by atoms with Gasteiger partial charge in [-0.25, -0.2) is 9.78 Å². The lowest BCUT2D eigenvalue weighted by molar-refractivity contribution is 0.241. The number of benzene rings is 1. The lowest BCUT2D eigenvalue weighted by Crippen LogP contribution is -2.40. The van der Waals surface area contributed by atoms with E-state index in [-0.39, 0.29) is 6.54 Å². The van der Waals surface area contributed by atoms with Gasteiger partial charge in [-0.15, -0.1) is 6.42 Å². The van der Waals surface area contributed by atoms with Crippen LogP contribution < -0.4 is 20.1 Å². The quantitative estimate of drug-likeness (QED) is 0.447. The summed E-state index contributed by atoms with van der Waals surface area (Å²) in [6.45, 7) is 0.616. The second kappa shape index (κ2) is 10.5. The number of amides is 2. The lowest BCUT2D eigenvalue weighted by atomic mass is 10.3. The average Bonchev–Trinajstić information content (AvgIpc) is 3.47. The van der Waals surface area contributed by atoms with Gasteiger partial charge in [0.05, 0.1) is 22.6 Å². The van der Waals surface area contributed by atoms with Crippen molar-refractivity contribution < 1.29 is 14.3 Å². The van der Waals surface area contributed by atoms with E-state index in [0.717, 1.165) is 4.88 Å². The molecule has 3 rings (SSSR count). The number of terminal acetylenes is 1. The number of aromatic nitrogens is 1. The van der Waals surface area contributed by atoms with Crippen LogP contribution in [0, 0.1) is 29.6 Å². The first-order valence-electron chi connectivity index (χ1n) is 9.19. The number of thiazole rings is 1. The maximum absolute atomic E-state index is 11.6. The molecule has 1 fully saturated rings. The first-order valence-corrected chi connectivity index (χ1v) is 10.4. The highest BCUT2D eigenvalue weighted by atomic mass is 35.5. The standard InChI is InChI=1S/C21H19ClN4O3S/c1-2-15(26-20(27)24-10-9-23)5-7-17-12-25-21(30-17)29-19-8-6-16(11-18(19)22)28-13-14-3-4-14/h1,5-8,11-12,14-15H,3-4,10,13H2,(H2,24,26,27)/b7-5+/t15-/m0/s1. The van der Waals surface area contributed by atoms with Crippen molar-refractivity contribution in [3.05, 3.63) is 40.4 Å². The third-order valence-electron chi connectivity index (χ3n) is 4.03. The zero-order chi connectivity index (χ0) is 21.3. The van der Waals surface area contributed by atoms with Crippen LogP contribution in [0.1, 0.15) is 17.7 Å². The van der Waals surface area contributed by atoms with Gasteiger partial charge in [0.2, 0.25) is 0 Å². The highest BCUT2D eigenvalue weighted by Crippen LogP contribution is 2.35. The molecule has 0 unspecified atom stereocenters. The summed E-state index contributed by atoms with van der Waals surface area (Å²) in [6, 6.07) is 5.96. The van der Waals surface area contributed by atoms with Crippen LogP contribution in [0.2, 0.25) is 5.02 Å². The smallest absolute Gasteiger partial charge is 0.316 e. The van der Waals surface area contributed by atoms with Gasteiger partial charge < -0.3 is 20.1 Å². The van der Waals surface area contributed by atoms with Crippen molar-refractivity contribution in [2.24, 2.45) is 5.92 Å². The molecule has 0 radical (unpaired) electrons. The molecule has 1 aliphatic rings.